The first-order valence-corrected chi connectivity index (χ1v) is 7.92. The van der Waals surface area contributed by atoms with E-state index in [1.165, 1.54) is 51.5 Å². The Morgan fingerprint density at radius 2 is 2.17 bits per heavy atom. The van der Waals surface area contributed by atoms with Crippen LogP contribution in [0.2, 0.25) is 0 Å². The van der Waals surface area contributed by atoms with Crippen molar-refractivity contribution in [3.05, 3.63) is 0 Å². The topological polar surface area (TPSA) is 41.3 Å². The first-order valence-electron chi connectivity index (χ1n) is 7.51. The third kappa shape index (κ3) is 3.35. The highest BCUT2D eigenvalue weighted by Gasteiger charge is 2.35. The number of nitrogens with one attached hydrogen (secondary N) is 1. The standard InChI is InChI=1S/C14H27N3S/c1-2-3-4-9-17(14(15)18)12-6-5-11-7-8-16-13(11)10-12/h11-13,16H,2-10H2,1H3,(H2,15,18). The van der Waals surface area contributed by atoms with Gasteiger partial charge in [-0.15, -0.1) is 0 Å². The van der Waals surface area contributed by atoms with Crippen LogP contribution in [-0.2, 0) is 0 Å². The second-order valence-electron chi connectivity index (χ2n) is 5.81. The van der Waals surface area contributed by atoms with E-state index >= 15 is 0 Å². The molecule has 18 heavy (non-hydrogen) atoms. The Morgan fingerprint density at radius 3 is 2.89 bits per heavy atom. The fourth-order valence-electron chi connectivity index (χ4n) is 3.55. The highest BCUT2D eigenvalue weighted by Crippen LogP contribution is 2.33. The molecular formula is C14H27N3S. The molecule has 104 valence electrons. The van der Waals surface area contributed by atoms with E-state index in [9.17, 15) is 0 Å². The normalized spacial score (nSPS) is 31.1. The van der Waals surface area contributed by atoms with Crippen LogP contribution in [0.25, 0.3) is 0 Å². The van der Waals surface area contributed by atoms with E-state index < -0.39 is 0 Å². The van der Waals surface area contributed by atoms with Gasteiger partial charge in [0.25, 0.3) is 0 Å². The zero-order valence-electron chi connectivity index (χ0n) is 11.5. The minimum atomic E-state index is 0.575. The zero-order chi connectivity index (χ0) is 13.0. The maximum absolute atomic E-state index is 5.92. The van der Waals surface area contributed by atoms with Crippen molar-refractivity contribution < 1.29 is 0 Å². The van der Waals surface area contributed by atoms with E-state index in [1.807, 2.05) is 0 Å². The molecule has 3 unspecified atom stereocenters. The fourth-order valence-corrected chi connectivity index (χ4v) is 3.79. The van der Waals surface area contributed by atoms with Crippen molar-refractivity contribution in [3.8, 4) is 0 Å². The van der Waals surface area contributed by atoms with Gasteiger partial charge in [0, 0.05) is 18.6 Å². The fraction of sp³-hybridized carbons (Fsp3) is 0.929. The summed E-state index contributed by atoms with van der Waals surface area (Å²) in [4.78, 5) is 2.29. The first-order chi connectivity index (χ1) is 8.72. The quantitative estimate of drug-likeness (QED) is 0.593. The maximum atomic E-state index is 5.92. The lowest BCUT2D eigenvalue weighted by atomic mass is 9.82. The number of rotatable bonds is 5. The van der Waals surface area contributed by atoms with Crippen molar-refractivity contribution in [2.75, 3.05) is 13.1 Å². The summed E-state index contributed by atoms with van der Waals surface area (Å²) in [6.07, 6.45) is 8.94. The van der Waals surface area contributed by atoms with Crippen molar-refractivity contribution in [3.63, 3.8) is 0 Å². The molecule has 0 bridgehead atoms. The summed E-state index contributed by atoms with van der Waals surface area (Å²) in [5.41, 5.74) is 5.92. The van der Waals surface area contributed by atoms with Crippen molar-refractivity contribution in [2.24, 2.45) is 11.7 Å². The predicted octanol–water partition coefficient (Wildman–Crippen LogP) is 2.25. The molecular weight excluding hydrogens is 242 g/mol. The molecule has 2 rings (SSSR count). The second-order valence-corrected chi connectivity index (χ2v) is 6.23. The third-order valence-corrected chi connectivity index (χ3v) is 4.85. The van der Waals surface area contributed by atoms with Gasteiger partial charge in [0.2, 0.25) is 0 Å². The third-order valence-electron chi connectivity index (χ3n) is 4.61. The number of unbranched alkanes of at least 4 members (excludes halogenated alkanes) is 2. The largest absolute Gasteiger partial charge is 0.376 e. The van der Waals surface area contributed by atoms with Crippen molar-refractivity contribution >= 4 is 17.3 Å². The van der Waals surface area contributed by atoms with Crippen LogP contribution in [0, 0.1) is 5.92 Å². The minimum absolute atomic E-state index is 0.575. The van der Waals surface area contributed by atoms with Gasteiger partial charge in [-0.2, -0.15) is 0 Å². The number of hydrogen-bond acceptors (Lipinski definition) is 2. The van der Waals surface area contributed by atoms with Crippen LogP contribution in [0.3, 0.4) is 0 Å². The Balaban J connectivity index is 1.87. The highest BCUT2D eigenvalue weighted by atomic mass is 32.1. The molecule has 1 aliphatic heterocycles. The molecule has 0 aromatic carbocycles. The van der Waals surface area contributed by atoms with E-state index in [0.29, 0.717) is 17.2 Å². The van der Waals surface area contributed by atoms with Gasteiger partial charge in [-0.3, -0.25) is 0 Å². The number of nitrogens with two attached hydrogens (primary N) is 1. The molecule has 0 spiro atoms. The number of thiocarbonyl (C=S) groups is 1. The molecule has 3 N–H and O–H groups in total. The van der Waals surface area contributed by atoms with Crippen molar-refractivity contribution in [1.29, 1.82) is 0 Å². The second kappa shape index (κ2) is 6.71. The lowest BCUT2D eigenvalue weighted by Crippen LogP contribution is -2.49. The van der Waals surface area contributed by atoms with E-state index in [-0.39, 0.29) is 0 Å². The van der Waals surface area contributed by atoms with Gasteiger partial charge in [0.05, 0.1) is 0 Å². The Bertz CT molecular complexity index is 282. The van der Waals surface area contributed by atoms with Gasteiger partial charge < -0.3 is 16.0 Å². The average Bonchev–Trinajstić information content (AvgIpc) is 2.81. The van der Waals surface area contributed by atoms with E-state index in [1.54, 1.807) is 0 Å². The lowest BCUT2D eigenvalue weighted by Gasteiger charge is -2.39. The summed E-state index contributed by atoms with van der Waals surface area (Å²) in [7, 11) is 0. The summed E-state index contributed by atoms with van der Waals surface area (Å²) < 4.78 is 0. The van der Waals surface area contributed by atoms with Crippen LogP contribution in [0.15, 0.2) is 0 Å². The lowest BCUT2D eigenvalue weighted by molar-refractivity contribution is 0.188. The summed E-state index contributed by atoms with van der Waals surface area (Å²) in [5.74, 6) is 0.907. The maximum Gasteiger partial charge on any atom is 0.166 e. The Kier molecular flexibility index (Phi) is 5.25. The monoisotopic (exact) mass is 269 g/mol. The molecule has 1 aliphatic carbocycles. The molecule has 0 aromatic rings. The summed E-state index contributed by atoms with van der Waals surface area (Å²) in [5, 5.41) is 4.24. The minimum Gasteiger partial charge on any atom is -0.376 e. The molecule has 2 aliphatic rings. The van der Waals surface area contributed by atoms with Crippen LogP contribution >= 0.6 is 12.2 Å². The molecule has 4 heteroatoms. The zero-order valence-corrected chi connectivity index (χ0v) is 12.3. The first kappa shape index (κ1) is 14.1. The average molecular weight is 269 g/mol. The Labute approximate surface area is 116 Å². The Hall–Kier alpha value is -0.350. The SMILES string of the molecule is CCCCCN(C(N)=S)C1CCC2CCNC2C1. The molecule has 3 atom stereocenters. The van der Waals surface area contributed by atoms with Gasteiger partial charge in [-0.1, -0.05) is 19.8 Å². The summed E-state index contributed by atoms with van der Waals surface area (Å²) in [6.45, 7) is 4.48. The smallest absolute Gasteiger partial charge is 0.166 e. The number of fused-ring (bicyclic) bond motifs is 1. The van der Waals surface area contributed by atoms with E-state index in [4.69, 9.17) is 18.0 Å². The van der Waals surface area contributed by atoms with Crippen LogP contribution in [0.4, 0.5) is 0 Å². The summed E-state index contributed by atoms with van der Waals surface area (Å²) >= 11 is 5.25. The van der Waals surface area contributed by atoms with E-state index in [0.717, 1.165) is 12.5 Å². The van der Waals surface area contributed by atoms with Gasteiger partial charge in [0.1, 0.15) is 0 Å². The molecule has 2 fully saturated rings. The molecule has 1 heterocycles. The predicted molar refractivity (Wildman–Crippen MR) is 80.6 cm³/mol. The van der Waals surface area contributed by atoms with Gasteiger partial charge >= 0.3 is 0 Å². The van der Waals surface area contributed by atoms with Crippen LogP contribution in [-0.4, -0.2) is 35.2 Å². The van der Waals surface area contributed by atoms with Crippen LogP contribution in [0.5, 0.6) is 0 Å². The Morgan fingerprint density at radius 1 is 1.33 bits per heavy atom. The van der Waals surface area contributed by atoms with E-state index in [2.05, 4.69) is 17.1 Å². The van der Waals surface area contributed by atoms with Crippen LogP contribution < -0.4 is 11.1 Å². The van der Waals surface area contributed by atoms with Gasteiger partial charge in [-0.05, 0) is 56.8 Å². The molecule has 0 amide bonds. The van der Waals surface area contributed by atoms with Gasteiger partial charge in [0.15, 0.2) is 5.11 Å². The molecule has 0 aromatic heterocycles. The number of hydrogen-bond donors (Lipinski definition) is 2. The van der Waals surface area contributed by atoms with Crippen LogP contribution in [0.1, 0.15) is 51.9 Å². The van der Waals surface area contributed by atoms with Crippen molar-refractivity contribution in [2.45, 2.75) is 64.0 Å². The number of nitrogens with zero attached hydrogens (tertiary/aromatic N) is 1. The summed E-state index contributed by atoms with van der Waals surface area (Å²) in [6, 6.07) is 1.29. The highest BCUT2D eigenvalue weighted by molar-refractivity contribution is 7.80. The van der Waals surface area contributed by atoms with Gasteiger partial charge in [-0.25, -0.2) is 0 Å². The molecule has 1 saturated carbocycles. The molecule has 0 radical (unpaired) electrons. The molecule has 1 saturated heterocycles. The van der Waals surface area contributed by atoms with Crippen molar-refractivity contribution in [1.82, 2.24) is 10.2 Å². The molecule has 3 nitrogen and oxygen atoms in total.